The van der Waals surface area contributed by atoms with Crippen molar-refractivity contribution < 1.29 is 14.7 Å². The van der Waals surface area contributed by atoms with Crippen molar-refractivity contribution in [3.05, 3.63) is 62.8 Å². The third-order valence-corrected chi connectivity index (χ3v) is 6.20. The maximum atomic E-state index is 12.8. The van der Waals surface area contributed by atoms with Gasteiger partial charge >= 0.3 is 0 Å². The molecule has 1 aliphatic heterocycles. The van der Waals surface area contributed by atoms with Crippen molar-refractivity contribution in [2.75, 3.05) is 26.2 Å². The number of thiophene rings is 1. The van der Waals surface area contributed by atoms with Gasteiger partial charge in [0, 0.05) is 28.6 Å². The molecule has 1 aromatic heterocycles. The second kappa shape index (κ2) is 8.90. The number of carbonyl (C=O) groups is 2. The lowest BCUT2D eigenvalue weighted by Crippen LogP contribution is -2.37. The summed E-state index contributed by atoms with van der Waals surface area (Å²) in [6.07, 6.45) is 0. The van der Waals surface area contributed by atoms with E-state index in [2.05, 4.69) is 18.7 Å². The number of nitrogens with zero attached hydrogens (tertiary/aromatic N) is 2. The van der Waals surface area contributed by atoms with E-state index in [0.29, 0.717) is 23.7 Å². The zero-order valence-electron chi connectivity index (χ0n) is 15.9. The van der Waals surface area contributed by atoms with Gasteiger partial charge in [0.1, 0.15) is 5.76 Å². The fourth-order valence-electron chi connectivity index (χ4n) is 3.41. The number of rotatable bonds is 7. The summed E-state index contributed by atoms with van der Waals surface area (Å²) >= 11 is 7.40. The van der Waals surface area contributed by atoms with Crippen molar-refractivity contribution in [1.82, 2.24) is 9.80 Å². The maximum Gasteiger partial charge on any atom is 0.295 e. The van der Waals surface area contributed by atoms with Crippen LogP contribution in [0.2, 0.25) is 5.02 Å². The number of likely N-dealkylation sites (tertiary alicyclic amines) is 1. The standard InChI is InChI=1S/C21H23ClN2O3S/c1-3-23(4-2)11-12-24-18(16-6-5-13-28-16)17(20(26)21(24)27)19(25)14-7-9-15(22)10-8-14/h5-10,13,18,25H,3-4,11-12H2,1-2H3/b19-17+/t18-/m0/s1. The summed E-state index contributed by atoms with van der Waals surface area (Å²) in [5, 5.41) is 13.3. The summed E-state index contributed by atoms with van der Waals surface area (Å²) < 4.78 is 0. The van der Waals surface area contributed by atoms with Crippen LogP contribution in [0.1, 0.15) is 30.3 Å². The van der Waals surface area contributed by atoms with Gasteiger partial charge in [-0.3, -0.25) is 9.59 Å². The number of ketones is 1. The highest BCUT2D eigenvalue weighted by Crippen LogP contribution is 2.40. The lowest BCUT2D eigenvalue weighted by Gasteiger charge is -2.27. The third-order valence-electron chi connectivity index (χ3n) is 5.02. The first-order valence-electron chi connectivity index (χ1n) is 9.28. The number of amides is 1. The molecule has 5 nitrogen and oxygen atoms in total. The molecule has 0 unspecified atom stereocenters. The topological polar surface area (TPSA) is 60.9 Å². The molecule has 0 saturated carbocycles. The monoisotopic (exact) mass is 418 g/mol. The van der Waals surface area contributed by atoms with Crippen LogP contribution >= 0.6 is 22.9 Å². The summed E-state index contributed by atoms with van der Waals surface area (Å²) in [4.78, 5) is 30.3. The zero-order chi connectivity index (χ0) is 20.3. The third kappa shape index (κ3) is 3.99. The highest BCUT2D eigenvalue weighted by molar-refractivity contribution is 7.10. The number of aliphatic hydroxyl groups is 1. The van der Waals surface area contributed by atoms with Crippen LogP contribution < -0.4 is 0 Å². The van der Waals surface area contributed by atoms with E-state index in [0.717, 1.165) is 18.0 Å². The van der Waals surface area contributed by atoms with Crippen molar-refractivity contribution in [1.29, 1.82) is 0 Å². The van der Waals surface area contributed by atoms with Crippen molar-refractivity contribution >= 4 is 40.4 Å². The van der Waals surface area contributed by atoms with E-state index in [1.54, 1.807) is 29.2 Å². The minimum absolute atomic E-state index is 0.134. The maximum absolute atomic E-state index is 12.8. The second-order valence-electron chi connectivity index (χ2n) is 6.54. The van der Waals surface area contributed by atoms with Crippen molar-refractivity contribution in [3.63, 3.8) is 0 Å². The summed E-state index contributed by atoms with van der Waals surface area (Å²) in [6.45, 7) is 6.96. The van der Waals surface area contributed by atoms with Gasteiger partial charge in [0.05, 0.1) is 11.6 Å². The van der Waals surface area contributed by atoms with Gasteiger partial charge in [-0.25, -0.2) is 0 Å². The Bertz CT molecular complexity index is 874. The van der Waals surface area contributed by atoms with E-state index in [-0.39, 0.29) is 11.3 Å². The van der Waals surface area contributed by atoms with Gasteiger partial charge < -0.3 is 14.9 Å². The Kier molecular flexibility index (Phi) is 6.54. The normalized spacial score (nSPS) is 19.0. The molecule has 1 N–H and O–H groups in total. The van der Waals surface area contributed by atoms with Gasteiger partial charge in [0.25, 0.3) is 11.7 Å². The van der Waals surface area contributed by atoms with E-state index in [1.807, 2.05) is 17.5 Å². The minimum Gasteiger partial charge on any atom is -0.507 e. The van der Waals surface area contributed by atoms with E-state index in [1.165, 1.54) is 11.3 Å². The SMILES string of the molecule is CCN(CC)CCN1C(=O)C(=O)/C(=C(/O)c2ccc(Cl)cc2)[C@@H]1c1cccs1. The Balaban J connectivity index is 2.03. The Morgan fingerprint density at radius 1 is 1.18 bits per heavy atom. The first-order valence-corrected chi connectivity index (χ1v) is 10.5. The summed E-state index contributed by atoms with van der Waals surface area (Å²) in [5.41, 5.74) is 0.599. The van der Waals surface area contributed by atoms with Crippen molar-refractivity contribution in [2.24, 2.45) is 0 Å². The van der Waals surface area contributed by atoms with Crippen LogP contribution in [0, 0.1) is 0 Å². The molecular weight excluding hydrogens is 396 g/mol. The Morgan fingerprint density at radius 2 is 1.86 bits per heavy atom. The Hall–Kier alpha value is -2.15. The van der Waals surface area contributed by atoms with Gasteiger partial charge in [0.2, 0.25) is 0 Å². The van der Waals surface area contributed by atoms with Crippen molar-refractivity contribution in [2.45, 2.75) is 19.9 Å². The predicted molar refractivity (Wildman–Crippen MR) is 113 cm³/mol. The summed E-state index contributed by atoms with van der Waals surface area (Å²) in [7, 11) is 0. The van der Waals surface area contributed by atoms with Gasteiger partial charge in [-0.2, -0.15) is 0 Å². The molecule has 3 rings (SSSR count). The zero-order valence-corrected chi connectivity index (χ0v) is 17.5. The van der Waals surface area contributed by atoms with E-state index < -0.39 is 17.7 Å². The predicted octanol–water partition coefficient (Wildman–Crippen LogP) is 4.17. The number of Topliss-reactive ketones (excluding diaryl/α,β-unsaturated/α-hetero) is 1. The lowest BCUT2D eigenvalue weighted by atomic mass is 10.00. The van der Waals surface area contributed by atoms with Gasteiger partial charge in [0.15, 0.2) is 0 Å². The molecule has 0 aliphatic carbocycles. The van der Waals surface area contributed by atoms with Gasteiger partial charge in [-0.15, -0.1) is 11.3 Å². The molecule has 28 heavy (non-hydrogen) atoms. The highest BCUT2D eigenvalue weighted by atomic mass is 35.5. The van der Waals surface area contributed by atoms with Crippen LogP contribution in [0.25, 0.3) is 5.76 Å². The van der Waals surface area contributed by atoms with Crippen LogP contribution in [0.5, 0.6) is 0 Å². The molecule has 0 radical (unpaired) electrons. The summed E-state index contributed by atoms with van der Waals surface area (Å²) in [5.74, 6) is -1.38. The molecule has 2 heterocycles. The second-order valence-corrected chi connectivity index (χ2v) is 7.96. The number of hydrogen-bond donors (Lipinski definition) is 1. The number of likely N-dealkylation sites (N-methyl/N-ethyl adjacent to an activating group) is 1. The van der Waals surface area contributed by atoms with Crippen LogP contribution in [-0.2, 0) is 9.59 Å². The molecule has 1 aromatic carbocycles. The molecule has 1 amide bonds. The Labute approximate surface area is 173 Å². The number of carbonyl (C=O) groups excluding carboxylic acids is 2. The quantitative estimate of drug-likeness (QED) is 0.416. The molecule has 0 bridgehead atoms. The number of aliphatic hydroxyl groups excluding tert-OH is 1. The van der Waals surface area contributed by atoms with Crippen LogP contribution in [0.3, 0.4) is 0 Å². The molecule has 1 aliphatic rings. The molecular formula is C21H23ClN2O3S. The van der Waals surface area contributed by atoms with E-state index >= 15 is 0 Å². The minimum atomic E-state index is -0.648. The largest absolute Gasteiger partial charge is 0.507 e. The first kappa shape index (κ1) is 20.6. The molecule has 2 aromatic rings. The lowest BCUT2D eigenvalue weighted by molar-refractivity contribution is -0.140. The highest BCUT2D eigenvalue weighted by Gasteiger charge is 2.46. The fraction of sp³-hybridized carbons (Fsp3) is 0.333. The summed E-state index contributed by atoms with van der Waals surface area (Å²) in [6, 6.07) is 9.78. The van der Waals surface area contributed by atoms with E-state index in [9.17, 15) is 14.7 Å². The molecule has 0 spiro atoms. The van der Waals surface area contributed by atoms with Gasteiger partial charge in [-0.05, 0) is 48.8 Å². The number of benzene rings is 1. The number of halogens is 1. The molecule has 1 atom stereocenters. The number of hydrogen-bond acceptors (Lipinski definition) is 5. The fourth-order valence-corrected chi connectivity index (χ4v) is 4.38. The van der Waals surface area contributed by atoms with Crippen LogP contribution in [-0.4, -0.2) is 52.8 Å². The molecule has 1 fully saturated rings. The average molecular weight is 419 g/mol. The van der Waals surface area contributed by atoms with Gasteiger partial charge in [-0.1, -0.05) is 31.5 Å². The first-order chi connectivity index (χ1) is 13.5. The smallest absolute Gasteiger partial charge is 0.295 e. The molecule has 148 valence electrons. The Morgan fingerprint density at radius 3 is 2.43 bits per heavy atom. The van der Waals surface area contributed by atoms with Crippen LogP contribution in [0.15, 0.2) is 47.4 Å². The van der Waals surface area contributed by atoms with Crippen molar-refractivity contribution in [3.8, 4) is 0 Å². The average Bonchev–Trinajstić information content (AvgIpc) is 3.31. The van der Waals surface area contributed by atoms with E-state index in [4.69, 9.17) is 11.6 Å². The van der Waals surface area contributed by atoms with Crippen LogP contribution in [0.4, 0.5) is 0 Å². The molecule has 7 heteroatoms. The molecule has 1 saturated heterocycles.